The fourth-order valence-electron chi connectivity index (χ4n) is 2.40. The molecule has 0 aromatic heterocycles. The van der Waals surface area contributed by atoms with Gasteiger partial charge in [-0.2, -0.15) is 0 Å². The van der Waals surface area contributed by atoms with Crippen LogP contribution in [-0.2, 0) is 4.79 Å². The number of ether oxygens (including phenoxy) is 1. The van der Waals surface area contributed by atoms with Crippen molar-refractivity contribution in [3.63, 3.8) is 0 Å². The molecular formula is C16H21NO2. The number of likely N-dealkylation sites (tertiary alicyclic amines) is 1. The fourth-order valence-corrected chi connectivity index (χ4v) is 2.40. The zero-order valence-corrected chi connectivity index (χ0v) is 11.6. The minimum absolute atomic E-state index is 0.114. The summed E-state index contributed by atoms with van der Waals surface area (Å²) in [6.07, 6.45) is 6.99. The number of benzene rings is 1. The molecule has 0 spiro atoms. The van der Waals surface area contributed by atoms with Gasteiger partial charge in [0.2, 0.25) is 5.91 Å². The van der Waals surface area contributed by atoms with E-state index in [0.717, 1.165) is 30.7 Å². The number of carbonyl (C=O) groups excluding carboxylic acids is 1. The van der Waals surface area contributed by atoms with Crippen LogP contribution in [0.3, 0.4) is 0 Å². The summed E-state index contributed by atoms with van der Waals surface area (Å²) in [5, 5.41) is 0. The Bertz CT molecular complexity index is 450. The third kappa shape index (κ3) is 3.60. The molecule has 1 aliphatic rings. The molecule has 3 nitrogen and oxygen atoms in total. The Morgan fingerprint density at radius 3 is 2.68 bits per heavy atom. The van der Waals surface area contributed by atoms with Gasteiger partial charge in [-0.3, -0.25) is 4.79 Å². The summed E-state index contributed by atoms with van der Waals surface area (Å²) in [4.78, 5) is 14.1. The first-order valence-electron chi connectivity index (χ1n) is 6.83. The summed E-state index contributed by atoms with van der Waals surface area (Å²) in [6, 6.07) is 8.05. The van der Waals surface area contributed by atoms with Gasteiger partial charge in [0, 0.05) is 18.7 Å². The lowest BCUT2D eigenvalue weighted by Gasteiger charge is -2.32. The van der Waals surface area contributed by atoms with Crippen molar-refractivity contribution in [2.24, 2.45) is 0 Å². The molecule has 1 aromatic carbocycles. The molecule has 0 radical (unpaired) electrons. The zero-order chi connectivity index (χ0) is 13.7. The van der Waals surface area contributed by atoms with E-state index in [1.807, 2.05) is 35.2 Å². The highest BCUT2D eigenvalue weighted by Crippen LogP contribution is 2.17. The molecule has 102 valence electrons. The van der Waals surface area contributed by atoms with E-state index in [4.69, 9.17) is 4.74 Å². The Morgan fingerprint density at radius 1 is 1.32 bits per heavy atom. The summed E-state index contributed by atoms with van der Waals surface area (Å²) in [7, 11) is 1.64. The van der Waals surface area contributed by atoms with Crippen molar-refractivity contribution >= 4 is 12.0 Å². The summed E-state index contributed by atoms with van der Waals surface area (Å²) >= 11 is 0. The number of methoxy groups -OCH3 is 1. The van der Waals surface area contributed by atoms with Gasteiger partial charge in [0.1, 0.15) is 5.75 Å². The predicted molar refractivity (Wildman–Crippen MR) is 77.1 cm³/mol. The Morgan fingerprint density at radius 2 is 2.05 bits per heavy atom. The van der Waals surface area contributed by atoms with Crippen LogP contribution < -0.4 is 4.74 Å². The Hall–Kier alpha value is -1.77. The maximum Gasteiger partial charge on any atom is 0.246 e. The van der Waals surface area contributed by atoms with E-state index in [0.29, 0.717) is 6.04 Å². The highest BCUT2D eigenvalue weighted by molar-refractivity contribution is 5.92. The molecule has 0 N–H and O–H groups in total. The molecule has 1 heterocycles. The SMILES string of the molecule is COc1ccc(/C=C/C(=O)N2CCCC[C@@H]2C)cc1. The van der Waals surface area contributed by atoms with Gasteiger partial charge in [0.15, 0.2) is 0 Å². The number of piperidine rings is 1. The van der Waals surface area contributed by atoms with Crippen molar-refractivity contribution in [1.29, 1.82) is 0 Å². The van der Waals surface area contributed by atoms with Crippen LogP contribution in [0.15, 0.2) is 30.3 Å². The fraction of sp³-hybridized carbons (Fsp3) is 0.438. The maximum absolute atomic E-state index is 12.1. The summed E-state index contributed by atoms with van der Waals surface area (Å²) in [6.45, 7) is 3.01. The molecule has 2 rings (SSSR count). The summed E-state index contributed by atoms with van der Waals surface area (Å²) in [5.41, 5.74) is 1.01. The average molecular weight is 259 g/mol. The van der Waals surface area contributed by atoms with Gasteiger partial charge in [0.25, 0.3) is 0 Å². The van der Waals surface area contributed by atoms with Crippen LogP contribution in [0.2, 0.25) is 0 Å². The second-order valence-electron chi connectivity index (χ2n) is 4.98. The molecule has 1 aromatic rings. The zero-order valence-electron chi connectivity index (χ0n) is 11.6. The molecule has 0 saturated carbocycles. The minimum Gasteiger partial charge on any atom is -0.497 e. The standard InChI is InChI=1S/C16H21NO2/c1-13-5-3-4-12-17(13)16(18)11-8-14-6-9-15(19-2)10-7-14/h6-11,13H,3-5,12H2,1-2H3/b11-8+/t13-/m0/s1. The number of amides is 1. The van der Waals surface area contributed by atoms with Crippen LogP contribution >= 0.6 is 0 Å². The highest BCUT2D eigenvalue weighted by atomic mass is 16.5. The minimum atomic E-state index is 0.114. The normalized spacial score (nSPS) is 19.7. The molecule has 1 fully saturated rings. The van der Waals surface area contributed by atoms with E-state index in [-0.39, 0.29) is 5.91 Å². The van der Waals surface area contributed by atoms with E-state index in [2.05, 4.69) is 6.92 Å². The smallest absolute Gasteiger partial charge is 0.246 e. The summed E-state index contributed by atoms with van der Waals surface area (Å²) in [5.74, 6) is 0.941. The lowest BCUT2D eigenvalue weighted by Crippen LogP contribution is -2.41. The van der Waals surface area contributed by atoms with E-state index in [1.54, 1.807) is 13.2 Å². The first-order valence-corrected chi connectivity index (χ1v) is 6.83. The van der Waals surface area contributed by atoms with Gasteiger partial charge in [-0.1, -0.05) is 12.1 Å². The molecule has 0 bridgehead atoms. The van der Waals surface area contributed by atoms with Gasteiger partial charge in [-0.15, -0.1) is 0 Å². The van der Waals surface area contributed by atoms with Crippen LogP contribution in [0.25, 0.3) is 6.08 Å². The third-order valence-electron chi connectivity index (χ3n) is 3.62. The molecule has 1 aliphatic heterocycles. The van der Waals surface area contributed by atoms with Crippen molar-refractivity contribution < 1.29 is 9.53 Å². The van der Waals surface area contributed by atoms with Gasteiger partial charge in [0.05, 0.1) is 7.11 Å². The Balaban J connectivity index is 1.98. The van der Waals surface area contributed by atoms with Crippen molar-refractivity contribution in [1.82, 2.24) is 4.90 Å². The van der Waals surface area contributed by atoms with Crippen LogP contribution in [-0.4, -0.2) is 30.5 Å². The Labute approximate surface area is 114 Å². The number of nitrogens with zero attached hydrogens (tertiary/aromatic N) is 1. The van der Waals surface area contributed by atoms with E-state index >= 15 is 0 Å². The Kier molecular flexibility index (Phi) is 4.61. The topological polar surface area (TPSA) is 29.5 Å². The quantitative estimate of drug-likeness (QED) is 0.781. The van der Waals surface area contributed by atoms with Gasteiger partial charge in [-0.05, 0) is 50.0 Å². The monoisotopic (exact) mass is 259 g/mol. The largest absolute Gasteiger partial charge is 0.497 e. The molecular weight excluding hydrogens is 238 g/mol. The molecule has 0 unspecified atom stereocenters. The third-order valence-corrected chi connectivity index (χ3v) is 3.62. The van der Waals surface area contributed by atoms with E-state index in [9.17, 15) is 4.79 Å². The van der Waals surface area contributed by atoms with E-state index in [1.165, 1.54) is 6.42 Å². The van der Waals surface area contributed by atoms with Gasteiger partial charge >= 0.3 is 0 Å². The van der Waals surface area contributed by atoms with Crippen LogP contribution in [0.5, 0.6) is 5.75 Å². The number of hydrogen-bond donors (Lipinski definition) is 0. The van der Waals surface area contributed by atoms with Crippen LogP contribution in [0.1, 0.15) is 31.7 Å². The van der Waals surface area contributed by atoms with Crippen molar-refractivity contribution in [2.75, 3.05) is 13.7 Å². The first kappa shape index (κ1) is 13.7. The van der Waals surface area contributed by atoms with Crippen molar-refractivity contribution in [3.8, 4) is 5.75 Å². The lowest BCUT2D eigenvalue weighted by atomic mass is 10.0. The highest BCUT2D eigenvalue weighted by Gasteiger charge is 2.20. The van der Waals surface area contributed by atoms with Crippen LogP contribution in [0.4, 0.5) is 0 Å². The molecule has 3 heteroatoms. The molecule has 19 heavy (non-hydrogen) atoms. The molecule has 1 amide bonds. The average Bonchev–Trinajstić information content (AvgIpc) is 2.46. The molecule has 1 saturated heterocycles. The first-order chi connectivity index (χ1) is 9.20. The van der Waals surface area contributed by atoms with Gasteiger partial charge in [-0.25, -0.2) is 0 Å². The van der Waals surface area contributed by atoms with Crippen LogP contribution in [0, 0.1) is 0 Å². The molecule has 0 aliphatic carbocycles. The van der Waals surface area contributed by atoms with Crippen molar-refractivity contribution in [3.05, 3.63) is 35.9 Å². The molecule has 1 atom stereocenters. The number of rotatable bonds is 3. The number of carbonyl (C=O) groups is 1. The number of hydrogen-bond acceptors (Lipinski definition) is 2. The maximum atomic E-state index is 12.1. The summed E-state index contributed by atoms with van der Waals surface area (Å²) < 4.78 is 5.10. The predicted octanol–water partition coefficient (Wildman–Crippen LogP) is 3.11. The van der Waals surface area contributed by atoms with E-state index < -0.39 is 0 Å². The lowest BCUT2D eigenvalue weighted by molar-refractivity contribution is -0.129. The van der Waals surface area contributed by atoms with Gasteiger partial charge < -0.3 is 9.64 Å². The second kappa shape index (κ2) is 6.41. The van der Waals surface area contributed by atoms with Crippen molar-refractivity contribution in [2.45, 2.75) is 32.2 Å². The second-order valence-corrected chi connectivity index (χ2v) is 4.98.